The highest BCUT2D eigenvalue weighted by Crippen LogP contribution is 2.32. The van der Waals surface area contributed by atoms with Crippen LogP contribution < -0.4 is 19.5 Å². The molecule has 1 heterocycles. The molecule has 0 spiro atoms. The minimum atomic E-state index is -0.108. The Balaban J connectivity index is 1.42. The van der Waals surface area contributed by atoms with Crippen molar-refractivity contribution in [3.63, 3.8) is 0 Å². The van der Waals surface area contributed by atoms with Crippen molar-refractivity contribution in [1.29, 1.82) is 0 Å². The molecule has 2 aromatic rings. The number of hydrogen-bond acceptors (Lipinski definition) is 4. The van der Waals surface area contributed by atoms with Gasteiger partial charge in [-0.25, -0.2) is 0 Å². The van der Waals surface area contributed by atoms with Crippen molar-refractivity contribution in [2.75, 3.05) is 20.4 Å². The largest absolute Gasteiger partial charge is 0.497 e. The van der Waals surface area contributed by atoms with Gasteiger partial charge in [0.25, 0.3) is 0 Å². The molecule has 1 aliphatic heterocycles. The highest BCUT2D eigenvalue weighted by molar-refractivity contribution is 5.91. The lowest BCUT2D eigenvalue weighted by molar-refractivity contribution is -0.116. The molecule has 0 saturated carbocycles. The maximum absolute atomic E-state index is 11.9. The Labute approximate surface area is 147 Å². The van der Waals surface area contributed by atoms with E-state index in [4.69, 9.17) is 14.2 Å². The van der Waals surface area contributed by atoms with E-state index in [9.17, 15) is 4.79 Å². The van der Waals surface area contributed by atoms with Crippen LogP contribution in [0.25, 0.3) is 6.08 Å². The second-order valence-electron chi connectivity index (χ2n) is 5.69. The number of amides is 1. The Morgan fingerprint density at radius 2 is 2.08 bits per heavy atom. The molecule has 2 aromatic carbocycles. The molecule has 0 aromatic heterocycles. The van der Waals surface area contributed by atoms with Gasteiger partial charge in [0.05, 0.1) is 7.11 Å². The molecule has 0 saturated heterocycles. The van der Waals surface area contributed by atoms with Gasteiger partial charge in [0.1, 0.15) is 5.75 Å². The lowest BCUT2D eigenvalue weighted by atomic mass is 10.1. The topological polar surface area (TPSA) is 56.8 Å². The van der Waals surface area contributed by atoms with Crippen molar-refractivity contribution in [3.8, 4) is 17.2 Å². The minimum Gasteiger partial charge on any atom is -0.497 e. The molecule has 5 nitrogen and oxygen atoms in total. The van der Waals surface area contributed by atoms with E-state index in [2.05, 4.69) is 11.4 Å². The van der Waals surface area contributed by atoms with Crippen molar-refractivity contribution in [2.45, 2.75) is 12.8 Å². The van der Waals surface area contributed by atoms with E-state index in [-0.39, 0.29) is 12.7 Å². The summed E-state index contributed by atoms with van der Waals surface area (Å²) in [5, 5.41) is 2.89. The van der Waals surface area contributed by atoms with Crippen molar-refractivity contribution in [3.05, 3.63) is 59.7 Å². The zero-order valence-electron chi connectivity index (χ0n) is 14.2. The molecule has 3 rings (SSSR count). The van der Waals surface area contributed by atoms with E-state index in [1.807, 2.05) is 36.4 Å². The predicted molar refractivity (Wildman–Crippen MR) is 95.9 cm³/mol. The van der Waals surface area contributed by atoms with Crippen LogP contribution in [0, 0.1) is 0 Å². The molecule has 0 fully saturated rings. The number of nitrogens with one attached hydrogen (secondary N) is 1. The highest BCUT2D eigenvalue weighted by atomic mass is 16.7. The first-order valence-corrected chi connectivity index (χ1v) is 8.23. The van der Waals surface area contributed by atoms with Crippen LogP contribution >= 0.6 is 0 Å². The van der Waals surface area contributed by atoms with Crippen molar-refractivity contribution < 1.29 is 19.0 Å². The first kappa shape index (κ1) is 16.9. The van der Waals surface area contributed by atoms with Crippen LogP contribution in [-0.4, -0.2) is 26.4 Å². The van der Waals surface area contributed by atoms with E-state index in [0.29, 0.717) is 12.3 Å². The number of carbonyl (C=O) groups excluding carboxylic acids is 1. The number of rotatable bonds is 7. The van der Waals surface area contributed by atoms with E-state index >= 15 is 0 Å². The Morgan fingerprint density at radius 1 is 1.20 bits per heavy atom. The fourth-order valence-electron chi connectivity index (χ4n) is 2.58. The number of hydrogen-bond donors (Lipinski definition) is 1. The number of benzene rings is 2. The summed E-state index contributed by atoms with van der Waals surface area (Å²) in [5.41, 5.74) is 2.10. The number of methoxy groups -OCH3 is 1. The van der Waals surface area contributed by atoms with Gasteiger partial charge in [-0.15, -0.1) is 0 Å². The fourth-order valence-corrected chi connectivity index (χ4v) is 2.58. The molecule has 5 heteroatoms. The van der Waals surface area contributed by atoms with E-state index in [0.717, 1.165) is 29.9 Å². The van der Waals surface area contributed by atoms with Gasteiger partial charge in [-0.3, -0.25) is 4.79 Å². The third-order valence-corrected chi connectivity index (χ3v) is 3.90. The smallest absolute Gasteiger partial charge is 0.243 e. The summed E-state index contributed by atoms with van der Waals surface area (Å²) in [6.45, 7) is 0.873. The summed E-state index contributed by atoms with van der Waals surface area (Å²) >= 11 is 0. The molecular weight excluding hydrogens is 318 g/mol. The number of aryl methyl sites for hydroxylation is 1. The molecule has 1 amide bonds. The second-order valence-corrected chi connectivity index (χ2v) is 5.69. The summed E-state index contributed by atoms with van der Waals surface area (Å²) < 4.78 is 15.8. The molecule has 0 unspecified atom stereocenters. The zero-order valence-corrected chi connectivity index (χ0v) is 14.2. The maximum atomic E-state index is 11.9. The molecule has 0 atom stereocenters. The van der Waals surface area contributed by atoms with E-state index < -0.39 is 0 Å². The van der Waals surface area contributed by atoms with Crippen molar-refractivity contribution >= 4 is 12.0 Å². The van der Waals surface area contributed by atoms with Crippen LogP contribution in [0.5, 0.6) is 17.2 Å². The van der Waals surface area contributed by atoms with Gasteiger partial charge in [-0.1, -0.05) is 18.2 Å². The molecule has 0 bridgehead atoms. The zero-order chi connectivity index (χ0) is 17.5. The van der Waals surface area contributed by atoms with Crippen LogP contribution in [0.2, 0.25) is 0 Å². The van der Waals surface area contributed by atoms with Crippen molar-refractivity contribution in [1.82, 2.24) is 5.32 Å². The van der Waals surface area contributed by atoms with Gasteiger partial charge < -0.3 is 19.5 Å². The van der Waals surface area contributed by atoms with Gasteiger partial charge in [0.15, 0.2) is 11.5 Å². The van der Waals surface area contributed by atoms with Crippen LogP contribution in [-0.2, 0) is 11.2 Å². The van der Waals surface area contributed by atoms with E-state index in [1.165, 1.54) is 11.6 Å². The maximum Gasteiger partial charge on any atom is 0.243 e. The van der Waals surface area contributed by atoms with Gasteiger partial charge in [0.2, 0.25) is 12.7 Å². The Bertz CT molecular complexity index is 770. The molecular formula is C20H21NO4. The van der Waals surface area contributed by atoms with Gasteiger partial charge in [-0.2, -0.15) is 0 Å². The first-order chi connectivity index (χ1) is 12.2. The quantitative estimate of drug-likeness (QED) is 0.622. The van der Waals surface area contributed by atoms with Crippen LogP contribution in [0.15, 0.2) is 48.5 Å². The Morgan fingerprint density at radius 3 is 2.96 bits per heavy atom. The highest BCUT2D eigenvalue weighted by Gasteiger charge is 2.12. The fraction of sp³-hybridized carbons (Fsp3) is 0.250. The average molecular weight is 339 g/mol. The lowest BCUT2D eigenvalue weighted by Crippen LogP contribution is -2.22. The summed E-state index contributed by atoms with van der Waals surface area (Å²) in [6.07, 6.45) is 5.06. The predicted octanol–water partition coefficient (Wildman–Crippen LogP) is 3.19. The normalized spacial score (nSPS) is 12.4. The number of fused-ring (bicyclic) bond motifs is 1. The molecule has 1 N–H and O–H groups in total. The molecule has 1 aliphatic rings. The standard InChI is InChI=1S/C20H21NO4/c1-23-17-6-2-4-15(12-17)5-3-11-21-20(22)10-8-16-7-9-18-19(13-16)25-14-24-18/h2,4,6-10,12-13H,3,5,11,14H2,1H3,(H,21,22)/b10-8+. The molecule has 0 aliphatic carbocycles. The van der Waals surface area contributed by atoms with Crippen molar-refractivity contribution in [2.24, 2.45) is 0 Å². The lowest BCUT2D eigenvalue weighted by Gasteiger charge is -2.05. The Kier molecular flexibility index (Phi) is 5.57. The van der Waals surface area contributed by atoms with Gasteiger partial charge >= 0.3 is 0 Å². The monoisotopic (exact) mass is 339 g/mol. The average Bonchev–Trinajstić information content (AvgIpc) is 3.11. The molecule has 25 heavy (non-hydrogen) atoms. The number of carbonyl (C=O) groups is 1. The summed E-state index contributed by atoms with van der Waals surface area (Å²) in [7, 11) is 1.66. The third kappa shape index (κ3) is 4.76. The van der Waals surface area contributed by atoms with Gasteiger partial charge in [0, 0.05) is 12.6 Å². The van der Waals surface area contributed by atoms with Crippen LogP contribution in [0.3, 0.4) is 0 Å². The van der Waals surface area contributed by atoms with Gasteiger partial charge in [-0.05, 0) is 54.3 Å². The molecule has 0 radical (unpaired) electrons. The van der Waals surface area contributed by atoms with E-state index in [1.54, 1.807) is 13.2 Å². The summed E-state index contributed by atoms with van der Waals surface area (Å²) in [6, 6.07) is 13.6. The minimum absolute atomic E-state index is 0.108. The summed E-state index contributed by atoms with van der Waals surface area (Å²) in [4.78, 5) is 11.9. The molecule has 130 valence electrons. The Hall–Kier alpha value is -2.95. The summed E-state index contributed by atoms with van der Waals surface area (Å²) in [5.74, 6) is 2.19. The van der Waals surface area contributed by atoms with Crippen LogP contribution in [0.1, 0.15) is 17.5 Å². The SMILES string of the molecule is COc1cccc(CCCNC(=O)/C=C/c2ccc3c(c2)OCO3)c1. The van der Waals surface area contributed by atoms with Crippen LogP contribution in [0.4, 0.5) is 0 Å². The third-order valence-electron chi connectivity index (χ3n) is 3.90. The first-order valence-electron chi connectivity index (χ1n) is 8.23. The second kappa shape index (κ2) is 8.24. The number of ether oxygens (including phenoxy) is 3.